The molecule has 0 saturated heterocycles. The molecule has 0 fully saturated rings. The van der Waals surface area contributed by atoms with Gasteiger partial charge < -0.3 is 9.84 Å². The van der Waals surface area contributed by atoms with Crippen LogP contribution in [0.5, 0.6) is 5.75 Å². The number of carbonyl (C=O) groups excluding carboxylic acids is 1. The van der Waals surface area contributed by atoms with Crippen LogP contribution in [0.25, 0.3) is 0 Å². The van der Waals surface area contributed by atoms with Crippen molar-refractivity contribution in [2.45, 2.75) is 65.2 Å². The number of methoxy groups -OCH3 is 1. The largest absolute Gasteiger partial charge is 0.508 e. The Balaban J connectivity index is 3.60. The summed E-state index contributed by atoms with van der Waals surface area (Å²) in [5.74, 6) is -0.329. The molecule has 0 spiro atoms. The van der Waals surface area contributed by atoms with Crippen LogP contribution in [0.1, 0.15) is 71.1 Å². The Kier molecular flexibility index (Phi) is 4.76. The van der Waals surface area contributed by atoms with Gasteiger partial charge in [0, 0.05) is 0 Å². The number of aromatic hydroxyl groups is 1. The van der Waals surface area contributed by atoms with Gasteiger partial charge in [0.25, 0.3) is 0 Å². The van der Waals surface area contributed by atoms with E-state index in [1.54, 1.807) is 6.07 Å². The highest BCUT2D eigenvalue weighted by atomic mass is 16.5. The van der Waals surface area contributed by atoms with E-state index in [0.717, 1.165) is 16.7 Å². The number of rotatable bonds is 2. The number of ether oxygens (including phenoxy) is 1. The SMILES string of the molecule is COC(=O)C(C)c1cc(C(C)(C)C)c(O)cc1C(C)(C)C. The van der Waals surface area contributed by atoms with Gasteiger partial charge in [-0.1, -0.05) is 47.6 Å². The van der Waals surface area contributed by atoms with Crippen LogP contribution in [0.15, 0.2) is 12.1 Å². The van der Waals surface area contributed by atoms with E-state index in [0.29, 0.717) is 0 Å². The number of hydrogen-bond acceptors (Lipinski definition) is 3. The first kappa shape index (κ1) is 17.5. The van der Waals surface area contributed by atoms with Gasteiger partial charge in [0.05, 0.1) is 13.0 Å². The Morgan fingerprint density at radius 1 is 1.05 bits per heavy atom. The summed E-state index contributed by atoms with van der Waals surface area (Å²) in [5, 5.41) is 10.4. The average Bonchev–Trinajstić information content (AvgIpc) is 2.34. The third-order valence-corrected chi connectivity index (χ3v) is 3.81. The minimum atomic E-state index is -0.356. The standard InChI is InChI=1S/C18H28O3/c1-11(16(20)21-8)12-9-14(18(5,6)7)15(19)10-13(12)17(2,3)4/h9-11,19H,1-8H3. The molecule has 21 heavy (non-hydrogen) atoms. The number of hydrogen-bond donors (Lipinski definition) is 1. The van der Waals surface area contributed by atoms with Crippen molar-refractivity contribution in [2.75, 3.05) is 7.11 Å². The maximum atomic E-state index is 12.0. The molecule has 1 rings (SSSR count). The Labute approximate surface area is 128 Å². The zero-order valence-corrected chi connectivity index (χ0v) is 14.5. The van der Waals surface area contributed by atoms with Crippen molar-refractivity contribution in [1.29, 1.82) is 0 Å². The van der Waals surface area contributed by atoms with Crippen LogP contribution >= 0.6 is 0 Å². The molecule has 1 atom stereocenters. The first-order chi connectivity index (χ1) is 9.39. The normalized spacial score (nSPS) is 13.9. The molecule has 1 aromatic carbocycles. The molecule has 0 aliphatic rings. The second-order valence-electron chi connectivity index (χ2n) is 7.70. The molecule has 0 aliphatic carbocycles. The van der Waals surface area contributed by atoms with Crippen molar-refractivity contribution in [3.05, 3.63) is 28.8 Å². The molecule has 0 aliphatic heterocycles. The Morgan fingerprint density at radius 2 is 1.52 bits per heavy atom. The summed E-state index contributed by atoms with van der Waals surface area (Å²) < 4.78 is 4.89. The van der Waals surface area contributed by atoms with Gasteiger partial charge >= 0.3 is 5.97 Å². The summed E-state index contributed by atoms with van der Waals surface area (Å²) in [6.45, 7) is 14.2. The van der Waals surface area contributed by atoms with Crippen molar-refractivity contribution >= 4 is 5.97 Å². The number of phenols is 1. The van der Waals surface area contributed by atoms with Gasteiger partial charge in [-0.3, -0.25) is 4.79 Å². The van der Waals surface area contributed by atoms with Gasteiger partial charge in [0.2, 0.25) is 0 Å². The monoisotopic (exact) mass is 292 g/mol. The lowest BCUT2D eigenvalue weighted by Crippen LogP contribution is -2.22. The molecule has 1 unspecified atom stereocenters. The van der Waals surface area contributed by atoms with Crippen molar-refractivity contribution in [3.8, 4) is 5.75 Å². The zero-order chi connectivity index (χ0) is 16.6. The van der Waals surface area contributed by atoms with Gasteiger partial charge in [-0.25, -0.2) is 0 Å². The highest BCUT2D eigenvalue weighted by molar-refractivity contribution is 5.78. The molecule has 1 N–H and O–H groups in total. The first-order valence-electron chi connectivity index (χ1n) is 7.35. The summed E-state index contributed by atoms with van der Waals surface area (Å²) >= 11 is 0. The minimum Gasteiger partial charge on any atom is -0.508 e. The topological polar surface area (TPSA) is 46.5 Å². The van der Waals surface area contributed by atoms with Crippen LogP contribution in [0.2, 0.25) is 0 Å². The van der Waals surface area contributed by atoms with Crippen LogP contribution in [0.3, 0.4) is 0 Å². The second-order valence-corrected chi connectivity index (χ2v) is 7.70. The highest BCUT2D eigenvalue weighted by Gasteiger charge is 2.29. The second kappa shape index (κ2) is 5.70. The fraction of sp³-hybridized carbons (Fsp3) is 0.611. The van der Waals surface area contributed by atoms with E-state index < -0.39 is 0 Å². The zero-order valence-electron chi connectivity index (χ0n) is 14.5. The lowest BCUT2D eigenvalue weighted by Gasteiger charge is -2.29. The van der Waals surface area contributed by atoms with E-state index in [4.69, 9.17) is 4.74 Å². The molecule has 0 radical (unpaired) electrons. The Hall–Kier alpha value is -1.51. The molecule has 0 saturated carbocycles. The Morgan fingerprint density at radius 3 is 1.90 bits per heavy atom. The quantitative estimate of drug-likeness (QED) is 0.828. The van der Waals surface area contributed by atoms with Gasteiger partial charge in [0.1, 0.15) is 5.75 Å². The van der Waals surface area contributed by atoms with Crippen LogP contribution in [-0.2, 0) is 20.4 Å². The molecule has 0 aromatic heterocycles. The smallest absolute Gasteiger partial charge is 0.312 e. The first-order valence-corrected chi connectivity index (χ1v) is 7.35. The van der Waals surface area contributed by atoms with Crippen LogP contribution < -0.4 is 0 Å². The highest BCUT2D eigenvalue weighted by Crippen LogP contribution is 2.39. The fourth-order valence-electron chi connectivity index (χ4n) is 2.52. The fourth-order valence-corrected chi connectivity index (χ4v) is 2.52. The van der Waals surface area contributed by atoms with Crippen molar-refractivity contribution in [2.24, 2.45) is 0 Å². The number of carbonyl (C=O) groups is 1. The molecule has 3 nitrogen and oxygen atoms in total. The van der Waals surface area contributed by atoms with Gasteiger partial charge in [-0.2, -0.15) is 0 Å². The maximum absolute atomic E-state index is 12.0. The van der Waals surface area contributed by atoms with Crippen molar-refractivity contribution in [3.63, 3.8) is 0 Å². The number of phenolic OH excluding ortho intramolecular Hbond substituents is 1. The Bertz CT molecular complexity index is 531. The van der Waals surface area contributed by atoms with Gasteiger partial charge in [-0.15, -0.1) is 0 Å². The summed E-state index contributed by atoms with van der Waals surface area (Å²) in [4.78, 5) is 12.0. The van der Waals surface area contributed by atoms with E-state index in [2.05, 4.69) is 20.8 Å². The molecular weight excluding hydrogens is 264 g/mol. The van der Waals surface area contributed by atoms with Gasteiger partial charge in [-0.05, 0) is 40.5 Å². The maximum Gasteiger partial charge on any atom is 0.312 e. The summed E-state index contributed by atoms with van der Waals surface area (Å²) in [6.07, 6.45) is 0. The van der Waals surface area contributed by atoms with E-state index >= 15 is 0 Å². The number of esters is 1. The van der Waals surface area contributed by atoms with Crippen molar-refractivity contribution < 1.29 is 14.6 Å². The van der Waals surface area contributed by atoms with E-state index in [1.807, 2.05) is 33.8 Å². The molecule has 118 valence electrons. The molecule has 0 bridgehead atoms. The van der Waals surface area contributed by atoms with Crippen molar-refractivity contribution in [1.82, 2.24) is 0 Å². The average molecular weight is 292 g/mol. The lowest BCUT2D eigenvalue weighted by atomic mass is 9.76. The summed E-state index contributed by atoms with van der Waals surface area (Å²) in [6, 6.07) is 3.76. The molecule has 0 amide bonds. The molecule has 3 heteroatoms. The van der Waals surface area contributed by atoms with E-state index in [9.17, 15) is 9.90 Å². The lowest BCUT2D eigenvalue weighted by molar-refractivity contribution is -0.142. The third kappa shape index (κ3) is 3.78. The van der Waals surface area contributed by atoms with Crippen LogP contribution in [-0.4, -0.2) is 18.2 Å². The minimum absolute atomic E-state index is 0.161. The predicted octanol–water partition coefficient (Wildman–Crippen LogP) is 4.26. The van der Waals surface area contributed by atoms with Crippen LogP contribution in [0, 0.1) is 0 Å². The summed E-state index contributed by atoms with van der Waals surface area (Å²) in [5.41, 5.74) is 2.40. The van der Waals surface area contributed by atoms with E-state index in [1.165, 1.54) is 7.11 Å². The summed E-state index contributed by atoms with van der Waals surface area (Å²) in [7, 11) is 1.40. The molecular formula is C18H28O3. The predicted molar refractivity (Wildman–Crippen MR) is 85.9 cm³/mol. The van der Waals surface area contributed by atoms with E-state index in [-0.39, 0.29) is 28.5 Å². The number of benzene rings is 1. The molecule has 0 heterocycles. The van der Waals surface area contributed by atoms with Crippen LogP contribution in [0.4, 0.5) is 0 Å². The molecule has 1 aromatic rings. The third-order valence-electron chi connectivity index (χ3n) is 3.81. The van der Waals surface area contributed by atoms with Gasteiger partial charge in [0.15, 0.2) is 0 Å².